The van der Waals surface area contributed by atoms with Crippen molar-refractivity contribution in [2.45, 2.75) is 0 Å². The Morgan fingerprint density at radius 3 is 2.58 bits per heavy atom. The summed E-state index contributed by atoms with van der Waals surface area (Å²) in [6, 6.07) is 14.7. The minimum Gasteiger partial charge on any atom is -0.497 e. The molecule has 0 aliphatic carbocycles. The molecule has 0 unspecified atom stereocenters. The summed E-state index contributed by atoms with van der Waals surface area (Å²) in [6.45, 7) is 1.12. The van der Waals surface area contributed by atoms with E-state index in [1.807, 2.05) is 47.8 Å². The van der Waals surface area contributed by atoms with Crippen molar-refractivity contribution < 1.29 is 14.3 Å². The molecule has 2 aromatic heterocycles. The third kappa shape index (κ3) is 4.97. The SMILES string of the molecule is COc1ccc(OCCNc2ccc(NC(=O)c3cccs3)cn2)cc1. The molecule has 0 saturated carbocycles. The van der Waals surface area contributed by atoms with Crippen LogP contribution in [0.15, 0.2) is 60.1 Å². The average molecular weight is 369 g/mol. The lowest BCUT2D eigenvalue weighted by atomic mass is 10.3. The summed E-state index contributed by atoms with van der Waals surface area (Å²) >= 11 is 1.40. The minimum atomic E-state index is -0.129. The molecular weight excluding hydrogens is 350 g/mol. The summed E-state index contributed by atoms with van der Waals surface area (Å²) in [6.07, 6.45) is 1.62. The summed E-state index contributed by atoms with van der Waals surface area (Å²) in [5.41, 5.74) is 0.656. The minimum absolute atomic E-state index is 0.129. The van der Waals surface area contributed by atoms with E-state index in [2.05, 4.69) is 15.6 Å². The molecule has 3 rings (SSSR count). The number of amides is 1. The molecule has 0 radical (unpaired) electrons. The smallest absolute Gasteiger partial charge is 0.265 e. The van der Waals surface area contributed by atoms with Crippen LogP contribution in [-0.4, -0.2) is 31.2 Å². The maximum Gasteiger partial charge on any atom is 0.265 e. The zero-order valence-electron chi connectivity index (χ0n) is 14.3. The third-order valence-electron chi connectivity index (χ3n) is 3.50. The highest BCUT2D eigenvalue weighted by Gasteiger charge is 2.06. The van der Waals surface area contributed by atoms with Crippen LogP contribution in [0.4, 0.5) is 11.5 Å². The molecule has 0 aliphatic rings. The fourth-order valence-electron chi connectivity index (χ4n) is 2.19. The molecule has 26 heavy (non-hydrogen) atoms. The largest absolute Gasteiger partial charge is 0.497 e. The van der Waals surface area contributed by atoms with Gasteiger partial charge in [0.15, 0.2) is 0 Å². The van der Waals surface area contributed by atoms with Crippen molar-refractivity contribution in [2.24, 2.45) is 0 Å². The number of nitrogens with zero attached hydrogens (tertiary/aromatic N) is 1. The van der Waals surface area contributed by atoms with Gasteiger partial charge < -0.3 is 20.1 Å². The third-order valence-corrected chi connectivity index (χ3v) is 4.37. The number of thiophene rings is 1. The number of hydrogen-bond acceptors (Lipinski definition) is 6. The Morgan fingerprint density at radius 1 is 1.12 bits per heavy atom. The van der Waals surface area contributed by atoms with Gasteiger partial charge >= 0.3 is 0 Å². The predicted octanol–water partition coefficient (Wildman–Crippen LogP) is 3.89. The Morgan fingerprint density at radius 2 is 1.92 bits per heavy atom. The fourth-order valence-corrected chi connectivity index (χ4v) is 2.81. The zero-order chi connectivity index (χ0) is 18.2. The number of hydrogen-bond donors (Lipinski definition) is 2. The average Bonchev–Trinajstić information content (AvgIpc) is 3.22. The predicted molar refractivity (Wildman–Crippen MR) is 103 cm³/mol. The molecular formula is C19H19N3O3S. The maximum absolute atomic E-state index is 12.0. The molecule has 2 heterocycles. The van der Waals surface area contributed by atoms with Crippen molar-refractivity contribution in [3.63, 3.8) is 0 Å². The second-order valence-electron chi connectivity index (χ2n) is 5.31. The fraction of sp³-hybridized carbons (Fsp3) is 0.158. The Bertz CT molecular complexity index is 818. The number of ether oxygens (including phenoxy) is 2. The molecule has 7 heteroatoms. The number of pyridine rings is 1. The van der Waals surface area contributed by atoms with E-state index in [0.717, 1.165) is 17.3 Å². The Labute approximate surface area is 155 Å². The highest BCUT2D eigenvalue weighted by atomic mass is 32.1. The van der Waals surface area contributed by atoms with E-state index < -0.39 is 0 Å². The van der Waals surface area contributed by atoms with Gasteiger partial charge in [-0.2, -0.15) is 0 Å². The van der Waals surface area contributed by atoms with E-state index in [1.54, 1.807) is 19.4 Å². The lowest BCUT2D eigenvalue weighted by Crippen LogP contribution is -2.13. The lowest BCUT2D eigenvalue weighted by Gasteiger charge is -2.09. The molecule has 1 aromatic carbocycles. The van der Waals surface area contributed by atoms with E-state index in [0.29, 0.717) is 23.7 Å². The van der Waals surface area contributed by atoms with Crippen LogP contribution in [0, 0.1) is 0 Å². The second kappa shape index (κ2) is 8.87. The van der Waals surface area contributed by atoms with E-state index in [4.69, 9.17) is 9.47 Å². The second-order valence-corrected chi connectivity index (χ2v) is 6.26. The summed E-state index contributed by atoms with van der Waals surface area (Å²) < 4.78 is 10.7. The number of carbonyl (C=O) groups is 1. The number of nitrogens with one attached hydrogen (secondary N) is 2. The molecule has 2 N–H and O–H groups in total. The monoisotopic (exact) mass is 369 g/mol. The highest BCUT2D eigenvalue weighted by molar-refractivity contribution is 7.12. The standard InChI is InChI=1S/C19H19N3O3S/c1-24-15-5-7-16(8-6-15)25-11-10-20-18-9-4-14(13-21-18)22-19(23)17-3-2-12-26-17/h2-9,12-13H,10-11H2,1H3,(H,20,21)(H,22,23). The van der Waals surface area contributed by atoms with Gasteiger partial charge in [-0.3, -0.25) is 4.79 Å². The maximum atomic E-state index is 12.0. The first-order chi connectivity index (χ1) is 12.7. The molecule has 134 valence electrons. The normalized spacial score (nSPS) is 10.2. The molecule has 1 amide bonds. The lowest BCUT2D eigenvalue weighted by molar-refractivity contribution is 0.103. The van der Waals surface area contributed by atoms with Crippen LogP contribution < -0.4 is 20.1 Å². The van der Waals surface area contributed by atoms with E-state index in [-0.39, 0.29) is 5.91 Å². The number of benzene rings is 1. The molecule has 6 nitrogen and oxygen atoms in total. The van der Waals surface area contributed by atoms with Crippen LogP contribution in [0.2, 0.25) is 0 Å². The van der Waals surface area contributed by atoms with Gasteiger partial charge in [0, 0.05) is 0 Å². The zero-order valence-corrected chi connectivity index (χ0v) is 15.1. The van der Waals surface area contributed by atoms with Crippen LogP contribution in [0.1, 0.15) is 9.67 Å². The molecule has 0 aliphatic heterocycles. The van der Waals surface area contributed by atoms with Crippen molar-refractivity contribution in [1.82, 2.24) is 4.98 Å². The number of aromatic nitrogens is 1. The van der Waals surface area contributed by atoms with Gasteiger partial charge in [0.25, 0.3) is 5.91 Å². The van der Waals surface area contributed by atoms with Gasteiger partial charge in [-0.1, -0.05) is 6.07 Å². The van der Waals surface area contributed by atoms with Gasteiger partial charge in [0.1, 0.15) is 23.9 Å². The number of rotatable bonds is 8. The quantitative estimate of drug-likeness (QED) is 0.589. The van der Waals surface area contributed by atoms with Gasteiger partial charge in [-0.25, -0.2) is 4.98 Å². The van der Waals surface area contributed by atoms with E-state index in [1.165, 1.54) is 11.3 Å². The summed E-state index contributed by atoms with van der Waals surface area (Å²) in [5, 5.41) is 7.86. The van der Waals surface area contributed by atoms with Gasteiger partial charge in [-0.15, -0.1) is 11.3 Å². The van der Waals surface area contributed by atoms with Crippen molar-refractivity contribution in [1.29, 1.82) is 0 Å². The van der Waals surface area contributed by atoms with Crippen LogP contribution in [-0.2, 0) is 0 Å². The Balaban J connectivity index is 1.41. The summed E-state index contributed by atoms with van der Waals surface area (Å²) in [7, 11) is 1.63. The molecule has 0 bridgehead atoms. The van der Waals surface area contributed by atoms with Crippen LogP contribution in [0.3, 0.4) is 0 Å². The van der Waals surface area contributed by atoms with Gasteiger partial charge in [0.2, 0.25) is 0 Å². The van der Waals surface area contributed by atoms with E-state index in [9.17, 15) is 4.79 Å². The van der Waals surface area contributed by atoms with Gasteiger partial charge in [0.05, 0.1) is 30.4 Å². The van der Waals surface area contributed by atoms with Crippen molar-refractivity contribution >= 4 is 28.7 Å². The molecule has 3 aromatic rings. The van der Waals surface area contributed by atoms with E-state index >= 15 is 0 Å². The van der Waals surface area contributed by atoms with Crippen molar-refractivity contribution in [3.05, 3.63) is 65.0 Å². The molecule has 0 saturated heterocycles. The molecule has 0 spiro atoms. The number of anilines is 2. The highest BCUT2D eigenvalue weighted by Crippen LogP contribution is 2.17. The van der Waals surface area contributed by atoms with Crippen molar-refractivity contribution in [3.8, 4) is 11.5 Å². The molecule has 0 fully saturated rings. The summed E-state index contributed by atoms with van der Waals surface area (Å²) in [5.74, 6) is 2.17. The summed E-state index contributed by atoms with van der Waals surface area (Å²) in [4.78, 5) is 16.9. The van der Waals surface area contributed by atoms with Crippen LogP contribution in [0.5, 0.6) is 11.5 Å². The molecule has 0 atom stereocenters. The first kappa shape index (κ1) is 17.8. The van der Waals surface area contributed by atoms with Crippen molar-refractivity contribution in [2.75, 3.05) is 30.9 Å². The Kier molecular flexibility index (Phi) is 6.05. The van der Waals surface area contributed by atoms with Crippen LogP contribution >= 0.6 is 11.3 Å². The van der Waals surface area contributed by atoms with Gasteiger partial charge in [-0.05, 0) is 47.8 Å². The van der Waals surface area contributed by atoms with Crippen LogP contribution in [0.25, 0.3) is 0 Å². The first-order valence-corrected chi connectivity index (χ1v) is 8.94. The Hall–Kier alpha value is -3.06. The number of carbonyl (C=O) groups excluding carboxylic acids is 1. The topological polar surface area (TPSA) is 72.5 Å². The number of methoxy groups -OCH3 is 1. The first-order valence-electron chi connectivity index (χ1n) is 8.06.